The van der Waals surface area contributed by atoms with Gasteiger partial charge in [0.15, 0.2) is 0 Å². The number of methoxy groups -OCH3 is 1. The fraction of sp³-hybridized carbons (Fsp3) is 0.444. The topological polar surface area (TPSA) is 90.6 Å². The number of para-hydroxylation sites is 1. The molecule has 24 heavy (non-hydrogen) atoms. The monoisotopic (exact) mass is 332 g/mol. The summed E-state index contributed by atoms with van der Waals surface area (Å²) in [6.45, 7) is 3.03. The predicted octanol–water partition coefficient (Wildman–Crippen LogP) is 1.50. The van der Waals surface area contributed by atoms with Crippen LogP contribution in [0.2, 0.25) is 0 Å². The van der Waals surface area contributed by atoms with Crippen molar-refractivity contribution < 1.29 is 19.1 Å². The van der Waals surface area contributed by atoms with Gasteiger partial charge in [0, 0.05) is 31.4 Å². The number of hydrogen-bond acceptors (Lipinski definition) is 4. The summed E-state index contributed by atoms with van der Waals surface area (Å²) in [5.74, 6) is 0.0548. The van der Waals surface area contributed by atoms with Gasteiger partial charge in [0.05, 0.1) is 12.5 Å². The molecule has 0 radical (unpaired) electrons. The summed E-state index contributed by atoms with van der Waals surface area (Å²) in [6, 6.07) is 7.49. The summed E-state index contributed by atoms with van der Waals surface area (Å²) in [5, 5.41) is 2.80. The minimum absolute atomic E-state index is 0.222. The van der Waals surface area contributed by atoms with Crippen LogP contribution < -0.4 is 15.8 Å². The first-order valence-corrected chi connectivity index (χ1v) is 7.96. The molecule has 1 aliphatic heterocycles. The first kappa shape index (κ1) is 18.0. The molecule has 1 saturated heterocycles. The van der Waals surface area contributed by atoms with Crippen molar-refractivity contribution in [1.82, 2.24) is 5.32 Å². The van der Waals surface area contributed by atoms with Crippen molar-refractivity contribution >= 4 is 17.4 Å². The zero-order valence-electron chi connectivity index (χ0n) is 14.1. The van der Waals surface area contributed by atoms with Crippen LogP contribution in [0.15, 0.2) is 30.3 Å². The fourth-order valence-electron chi connectivity index (χ4n) is 2.82. The highest BCUT2D eigenvalue weighted by Gasteiger charge is 2.38. The van der Waals surface area contributed by atoms with Crippen molar-refractivity contribution in [3.05, 3.63) is 35.9 Å². The lowest BCUT2D eigenvalue weighted by Gasteiger charge is -2.34. The van der Waals surface area contributed by atoms with Crippen LogP contribution in [0.4, 0.5) is 0 Å². The number of allylic oxidation sites excluding steroid dienone is 1. The Hall–Kier alpha value is -2.34. The number of nitrogens with one attached hydrogen (secondary N) is 1. The number of primary amides is 1. The first-order valence-electron chi connectivity index (χ1n) is 7.96. The second kappa shape index (κ2) is 7.97. The zero-order valence-corrected chi connectivity index (χ0v) is 14.1. The van der Waals surface area contributed by atoms with E-state index in [1.54, 1.807) is 7.11 Å². The Labute approximate surface area is 142 Å². The van der Waals surface area contributed by atoms with Gasteiger partial charge in [-0.25, -0.2) is 0 Å². The smallest absolute Gasteiger partial charge is 0.244 e. The van der Waals surface area contributed by atoms with E-state index in [1.165, 1.54) is 6.08 Å². The van der Waals surface area contributed by atoms with Crippen molar-refractivity contribution in [3.63, 3.8) is 0 Å². The van der Waals surface area contributed by atoms with Crippen molar-refractivity contribution in [2.75, 3.05) is 26.9 Å². The van der Waals surface area contributed by atoms with Gasteiger partial charge in [0.1, 0.15) is 5.75 Å². The van der Waals surface area contributed by atoms with Gasteiger partial charge in [-0.3, -0.25) is 9.59 Å². The number of carbonyl (C=O) groups is 2. The minimum Gasteiger partial charge on any atom is -0.496 e. The molecule has 2 amide bonds. The van der Waals surface area contributed by atoms with E-state index in [0.717, 1.165) is 11.1 Å². The van der Waals surface area contributed by atoms with Crippen LogP contribution in [-0.4, -0.2) is 38.7 Å². The molecule has 2 rings (SSSR count). The lowest BCUT2D eigenvalue weighted by atomic mass is 9.79. The quantitative estimate of drug-likeness (QED) is 0.772. The van der Waals surface area contributed by atoms with E-state index in [2.05, 4.69) is 5.32 Å². The number of nitrogens with two attached hydrogens (primary N) is 1. The van der Waals surface area contributed by atoms with E-state index >= 15 is 0 Å². The molecule has 0 bridgehead atoms. The Balaban J connectivity index is 2.05. The molecular weight excluding hydrogens is 308 g/mol. The van der Waals surface area contributed by atoms with Gasteiger partial charge in [-0.15, -0.1) is 0 Å². The average molecular weight is 332 g/mol. The highest BCUT2D eigenvalue weighted by molar-refractivity contribution is 5.95. The molecule has 0 spiro atoms. The van der Waals surface area contributed by atoms with E-state index in [9.17, 15) is 9.59 Å². The minimum atomic E-state index is -0.722. The van der Waals surface area contributed by atoms with Gasteiger partial charge in [-0.1, -0.05) is 18.2 Å². The van der Waals surface area contributed by atoms with Crippen molar-refractivity contribution in [3.8, 4) is 5.75 Å². The van der Waals surface area contributed by atoms with E-state index in [-0.39, 0.29) is 12.5 Å². The third-order valence-corrected chi connectivity index (χ3v) is 4.45. The van der Waals surface area contributed by atoms with Gasteiger partial charge in [-0.05, 0) is 31.4 Å². The van der Waals surface area contributed by atoms with Crippen LogP contribution in [0, 0.1) is 5.41 Å². The van der Waals surface area contributed by atoms with Crippen LogP contribution in [0.5, 0.6) is 5.75 Å². The third kappa shape index (κ3) is 4.14. The van der Waals surface area contributed by atoms with Gasteiger partial charge < -0.3 is 20.5 Å². The molecule has 1 fully saturated rings. The first-order chi connectivity index (χ1) is 11.5. The summed E-state index contributed by atoms with van der Waals surface area (Å²) < 4.78 is 10.6. The largest absolute Gasteiger partial charge is 0.496 e. The number of rotatable bonds is 6. The Morgan fingerprint density at radius 3 is 2.62 bits per heavy atom. The van der Waals surface area contributed by atoms with Crippen molar-refractivity contribution in [1.29, 1.82) is 0 Å². The second-order valence-electron chi connectivity index (χ2n) is 6.00. The number of ether oxygens (including phenoxy) is 2. The van der Waals surface area contributed by atoms with E-state index < -0.39 is 11.3 Å². The molecule has 0 aliphatic carbocycles. The summed E-state index contributed by atoms with van der Waals surface area (Å²) in [5.41, 5.74) is 6.45. The molecule has 0 atom stereocenters. The van der Waals surface area contributed by atoms with Gasteiger partial charge >= 0.3 is 0 Å². The zero-order chi connectivity index (χ0) is 17.6. The summed E-state index contributed by atoms with van der Waals surface area (Å²) in [4.78, 5) is 24.0. The maximum Gasteiger partial charge on any atom is 0.244 e. The SMILES string of the molecule is COc1ccccc1C(C)=CC(=O)NCC1(C(N)=O)CCOCC1. The lowest BCUT2D eigenvalue weighted by Crippen LogP contribution is -2.49. The lowest BCUT2D eigenvalue weighted by molar-refractivity contribution is -0.133. The van der Waals surface area contributed by atoms with Crippen LogP contribution in [0.25, 0.3) is 5.57 Å². The highest BCUT2D eigenvalue weighted by Crippen LogP contribution is 2.29. The number of benzene rings is 1. The van der Waals surface area contributed by atoms with Crippen LogP contribution in [-0.2, 0) is 14.3 Å². The highest BCUT2D eigenvalue weighted by atomic mass is 16.5. The predicted molar refractivity (Wildman–Crippen MR) is 91.3 cm³/mol. The van der Waals surface area contributed by atoms with Gasteiger partial charge in [0.2, 0.25) is 11.8 Å². The molecule has 0 saturated carbocycles. The van der Waals surface area contributed by atoms with Crippen molar-refractivity contribution in [2.24, 2.45) is 11.1 Å². The fourth-order valence-corrected chi connectivity index (χ4v) is 2.82. The van der Waals surface area contributed by atoms with Crippen molar-refractivity contribution in [2.45, 2.75) is 19.8 Å². The number of hydrogen-bond donors (Lipinski definition) is 2. The Bertz CT molecular complexity index is 634. The molecule has 130 valence electrons. The maximum absolute atomic E-state index is 12.2. The molecule has 6 nitrogen and oxygen atoms in total. The van der Waals surface area contributed by atoms with E-state index in [0.29, 0.717) is 31.8 Å². The van der Waals surface area contributed by atoms with E-state index in [1.807, 2.05) is 31.2 Å². The molecule has 1 aromatic carbocycles. The Morgan fingerprint density at radius 1 is 1.33 bits per heavy atom. The molecule has 6 heteroatoms. The average Bonchev–Trinajstić information content (AvgIpc) is 2.60. The molecule has 3 N–H and O–H groups in total. The van der Waals surface area contributed by atoms with E-state index in [4.69, 9.17) is 15.2 Å². The van der Waals surface area contributed by atoms with Gasteiger partial charge in [0.25, 0.3) is 0 Å². The molecule has 0 aromatic heterocycles. The summed E-state index contributed by atoms with van der Waals surface area (Å²) in [7, 11) is 1.59. The summed E-state index contributed by atoms with van der Waals surface area (Å²) in [6.07, 6.45) is 2.56. The Kier molecular flexibility index (Phi) is 5.98. The number of amides is 2. The normalized spacial score (nSPS) is 17.2. The van der Waals surface area contributed by atoms with Gasteiger partial charge in [-0.2, -0.15) is 0 Å². The molecule has 1 aliphatic rings. The number of carbonyl (C=O) groups excluding carboxylic acids is 2. The Morgan fingerprint density at radius 2 is 2.00 bits per heavy atom. The molecule has 0 unspecified atom stereocenters. The molecule has 1 aromatic rings. The standard InChI is InChI=1S/C18H24N2O4/c1-13(14-5-3-4-6-15(14)23-2)11-16(21)20-12-18(17(19)22)7-9-24-10-8-18/h3-6,11H,7-10,12H2,1-2H3,(H2,19,22)(H,20,21). The second-order valence-corrected chi connectivity index (χ2v) is 6.00. The van der Waals surface area contributed by atoms with Crippen LogP contribution >= 0.6 is 0 Å². The summed E-state index contributed by atoms with van der Waals surface area (Å²) >= 11 is 0. The molecule has 1 heterocycles. The van der Waals surface area contributed by atoms with Crippen LogP contribution in [0.1, 0.15) is 25.3 Å². The maximum atomic E-state index is 12.2. The third-order valence-electron chi connectivity index (χ3n) is 4.45. The van der Waals surface area contributed by atoms with Crippen LogP contribution in [0.3, 0.4) is 0 Å². The molecular formula is C18H24N2O4.